The first kappa shape index (κ1) is 74.6. The van der Waals surface area contributed by atoms with Crippen LogP contribution in [-0.4, -0.2) is 157 Å². The molecule has 0 saturated carbocycles. The molecular weight excluding hydrogens is 1110 g/mol. The fraction of sp³-hybridized carbons (Fsp3) is 0.644. The van der Waals surface area contributed by atoms with Crippen LogP contribution in [0.15, 0.2) is 47.5 Å². The Morgan fingerprint density at radius 2 is 0.872 bits per heavy atom. The Kier molecular flexibility index (Phi) is 34.7. The first-order valence-corrected chi connectivity index (χ1v) is 30.1. The summed E-state index contributed by atoms with van der Waals surface area (Å²) in [5.41, 5.74) is 34.5. The third-order valence-electron chi connectivity index (χ3n) is 14.0. The monoisotopic (exact) mass is 1210 g/mol. The molecule has 0 fully saturated rings. The highest BCUT2D eigenvalue weighted by Crippen LogP contribution is 2.18. The van der Waals surface area contributed by atoms with Crippen molar-refractivity contribution in [1.82, 2.24) is 47.9 Å². The molecule has 0 bridgehead atoms. The van der Waals surface area contributed by atoms with Crippen molar-refractivity contribution in [2.24, 2.45) is 51.2 Å². The van der Waals surface area contributed by atoms with E-state index in [0.29, 0.717) is 44.1 Å². The quantitative estimate of drug-likeness (QED) is 0.0206. The lowest BCUT2D eigenvalue weighted by atomic mass is 9.99. The Morgan fingerprint density at radius 3 is 1.33 bits per heavy atom. The molecule has 10 atom stereocenters. The highest BCUT2D eigenvalue weighted by atomic mass is 16.3. The number of nitrogens with zero attached hydrogens (tertiary/aromatic N) is 1. The molecule has 0 radical (unpaired) electrons. The van der Waals surface area contributed by atoms with Crippen molar-refractivity contribution in [2.75, 3.05) is 26.2 Å². The lowest BCUT2D eigenvalue weighted by Gasteiger charge is -2.29. The van der Waals surface area contributed by atoms with Crippen molar-refractivity contribution in [3.05, 3.63) is 48.0 Å². The molecular formula is C59H100N16O11. The number of benzene rings is 2. The number of nitrogens with two attached hydrogens (primary N) is 6. The zero-order valence-electron chi connectivity index (χ0n) is 51.3. The van der Waals surface area contributed by atoms with E-state index in [1.807, 2.05) is 71.0 Å². The fourth-order valence-corrected chi connectivity index (χ4v) is 9.45. The molecule has 0 spiro atoms. The standard InChI is InChI=1S/C59H100N16O11/c1-8-17-40(50(63)78)68-55(83)46(30-35(5)6)74-58(86)49(36(7)76)75-54(82)43(22-13-15-27-61)71-57(85)47(32-37-24-25-38-19-10-11-20-39(38)31-37)73-53(81)44(23-16-28-66-59(64)65)69-52(80)42(21-12-14-26-60)70-56(84)45(29-34(3)4)72-51(79)41(18-9-2)67-48(77)33-62/h10-11,19-20,24-25,31,34-36,40-47,49,76H,8-9,12-18,21-23,26-30,32-33,60-62H2,1-7H3,(H2,63,78)(H,67,77)(H,68,83)(H,69,80)(H,70,84)(H,71,85)(H,72,79)(H,73,81)(H,74,86)(H,75,82)(H4,64,65,66)/t36-,40+,41+,42+,43+,44+,45+,46+,47+,49+/m1/s1. The van der Waals surface area contributed by atoms with Crippen LogP contribution in [0.5, 0.6) is 0 Å². The molecule has 2 aromatic carbocycles. The van der Waals surface area contributed by atoms with E-state index in [1.54, 1.807) is 13.0 Å². The molecule has 0 aromatic heterocycles. The zero-order chi connectivity index (χ0) is 64.5. The van der Waals surface area contributed by atoms with E-state index in [2.05, 4.69) is 52.8 Å². The molecule has 0 heterocycles. The molecule has 2 aromatic rings. The third-order valence-corrected chi connectivity index (χ3v) is 14.0. The summed E-state index contributed by atoms with van der Waals surface area (Å²) in [6, 6.07) is 1.42. The van der Waals surface area contributed by atoms with Gasteiger partial charge in [-0.3, -0.25) is 52.9 Å². The van der Waals surface area contributed by atoms with Gasteiger partial charge in [-0.25, -0.2) is 0 Å². The number of rotatable bonds is 42. The number of aliphatic hydroxyl groups is 1. The zero-order valence-corrected chi connectivity index (χ0v) is 51.3. The Bertz CT molecular complexity index is 2550. The minimum Gasteiger partial charge on any atom is -0.391 e. The molecule has 2 rings (SSSR count). The Morgan fingerprint density at radius 1 is 0.465 bits per heavy atom. The summed E-state index contributed by atoms with van der Waals surface area (Å²) in [6.45, 7) is 12.4. The SMILES string of the molecule is CCC[C@H](NC(=O)[C@H](CC(C)C)NC(=O)[C@@H](NC(=O)[C@H](CCCCN)NC(=O)[C@H](Cc1ccc2ccccc2c1)NC(=O)[C@H](CCCN=C(N)N)NC(=O)[C@H](CCCCN)NC(=O)[C@H](CC(C)C)NC(=O)[C@H](CCC)NC(=O)CN)[C@@H](C)O)C(N)=O. The molecule has 22 N–H and O–H groups in total. The highest BCUT2D eigenvalue weighted by molar-refractivity contribution is 5.99. The number of guanidine groups is 1. The predicted molar refractivity (Wildman–Crippen MR) is 329 cm³/mol. The first-order chi connectivity index (χ1) is 40.8. The van der Waals surface area contributed by atoms with Crippen molar-refractivity contribution in [1.29, 1.82) is 0 Å². The second-order valence-electron chi connectivity index (χ2n) is 22.6. The van der Waals surface area contributed by atoms with Crippen LogP contribution in [0, 0.1) is 11.8 Å². The summed E-state index contributed by atoms with van der Waals surface area (Å²) in [6.07, 6.45) is 1.81. The van der Waals surface area contributed by atoms with Gasteiger partial charge in [-0.1, -0.05) is 96.8 Å². The van der Waals surface area contributed by atoms with Crippen LogP contribution in [0.4, 0.5) is 0 Å². The van der Waals surface area contributed by atoms with Gasteiger partial charge in [-0.05, 0) is 125 Å². The van der Waals surface area contributed by atoms with Crippen molar-refractivity contribution in [2.45, 2.75) is 205 Å². The largest absolute Gasteiger partial charge is 0.391 e. The van der Waals surface area contributed by atoms with E-state index in [0.717, 1.165) is 10.8 Å². The number of amides is 10. The van der Waals surface area contributed by atoms with Crippen LogP contribution < -0.4 is 82.3 Å². The van der Waals surface area contributed by atoms with E-state index in [4.69, 9.17) is 34.4 Å². The van der Waals surface area contributed by atoms with Gasteiger partial charge in [0.2, 0.25) is 59.1 Å². The summed E-state index contributed by atoms with van der Waals surface area (Å²) in [5, 5.41) is 36.8. The van der Waals surface area contributed by atoms with Crippen LogP contribution in [0.3, 0.4) is 0 Å². The van der Waals surface area contributed by atoms with Gasteiger partial charge in [0, 0.05) is 13.0 Å². The number of carbonyl (C=O) groups excluding carboxylic acids is 10. The molecule has 27 heteroatoms. The van der Waals surface area contributed by atoms with E-state index >= 15 is 0 Å². The third kappa shape index (κ3) is 27.7. The Balaban J connectivity index is 2.66. The topological polar surface area (TPSA) is 468 Å². The lowest BCUT2D eigenvalue weighted by molar-refractivity contribution is -0.137. The highest BCUT2D eigenvalue weighted by Gasteiger charge is 2.37. The average Bonchev–Trinajstić information content (AvgIpc) is 2.86. The molecule has 86 heavy (non-hydrogen) atoms. The Labute approximate surface area is 505 Å². The molecule has 10 amide bonds. The molecule has 0 unspecified atom stereocenters. The number of carbonyl (C=O) groups is 10. The van der Waals surface area contributed by atoms with Gasteiger partial charge < -0.3 is 87.4 Å². The molecule has 0 aliphatic carbocycles. The molecule has 482 valence electrons. The molecule has 27 nitrogen and oxygen atoms in total. The maximum Gasteiger partial charge on any atom is 0.245 e. The second-order valence-corrected chi connectivity index (χ2v) is 22.6. The normalized spacial score (nSPS) is 14.8. The summed E-state index contributed by atoms with van der Waals surface area (Å²) in [7, 11) is 0. The van der Waals surface area contributed by atoms with Gasteiger partial charge in [0.1, 0.15) is 54.4 Å². The minimum absolute atomic E-state index is 0.0174. The lowest BCUT2D eigenvalue weighted by Crippen LogP contribution is -2.62. The number of primary amides is 1. The molecule has 0 saturated heterocycles. The number of aliphatic imine (C=N–C) groups is 1. The summed E-state index contributed by atoms with van der Waals surface area (Å²) in [5.74, 6) is -8.11. The predicted octanol–water partition coefficient (Wildman–Crippen LogP) is -1.43. The van der Waals surface area contributed by atoms with E-state index in [1.165, 1.54) is 6.92 Å². The van der Waals surface area contributed by atoms with Crippen LogP contribution in [0.1, 0.15) is 144 Å². The minimum atomic E-state index is -1.66. The molecule has 0 aliphatic rings. The van der Waals surface area contributed by atoms with Crippen molar-refractivity contribution in [3.8, 4) is 0 Å². The smallest absolute Gasteiger partial charge is 0.245 e. The van der Waals surface area contributed by atoms with Crippen LogP contribution in [-0.2, 0) is 54.4 Å². The second kappa shape index (κ2) is 40.0. The van der Waals surface area contributed by atoms with Crippen LogP contribution in [0.2, 0.25) is 0 Å². The number of fused-ring (bicyclic) bond motifs is 1. The number of aliphatic hydroxyl groups excluding tert-OH is 1. The van der Waals surface area contributed by atoms with Crippen molar-refractivity contribution in [3.63, 3.8) is 0 Å². The van der Waals surface area contributed by atoms with Crippen LogP contribution >= 0.6 is 0 Å². The number of nitrogens with one attached hydrogen (secondary N) is 9. The fourth-order valence-electron chi connectivity index (χ4n) is 9.45. The molecule has 0 aliphatic heterocycles. The summed E-state index contributed by atoms with van der Waals surface area (Å²) >= 11 is 0. The first-order valence-electron chi connectivity index (χ1n) is 30.1. The summed E-state index contributed by atoms with van der Waals surface area (Å²) in [4.78, 5) is 142. The van der Waals surface area contributed by atoms with Crippen molar-refractivity contribution >= 4 is 75.8 Å². The van der Waals surface area contributed by atoms with Crippen LogP contribution in [0.25, 0.3) is 10.8 Å². The summed E-state index contributed by atoms with van der Waals surface area (Å²) < 4.78 is 0. The van der Waals surface area contributed by atoms with E-state index in [9.17, 15) is 53.1 Å². The average molecular weight is 1210 g/mol. The van der Waals surface area contributed by atoms with Gasteiger partial charge in [-0.2, -0.15) is 0 Å². The van der Waals surface area contributed by atoms with Gasteiger partial charge in [0.05, 0.1) is 12.6 Å². The maximum absolute atomic E-state index is 14.9. The van der Waals surface area contributed by atoms with E-state index < -0.39 is 120 Å². The number of unbranched alkanes of at least 4 members (excludes halogenated alkanes) is 2. The number of hydrogen-bond acceptors (Lipinski definition) is 15. The van der Waals surface area contributed by atoms with Gasteiger partial charge in [-0.15, -0.1) is 0 Å². The van der Waals surface area contributed by atoms with Crippen molar-refractivity contribution < 1.29 is 53.1 Å². The van der Waals surface area contributed by atoms with Gasteiger partial charge >= 0.3 is 0 Å². The number of hydrogen-bond donors (Lipinski definition) is 16. The van der Waals surface area contributed by atoms with Gasteiger partial charge in [0.15, 0.2) is 5.96 Å². The maximum atomic E-state index is 14.9. The van der Waals surface area contributed by atoms with E-state index in [-0.39, 0.29) is 102 Å². The van der Waals surface area contributed by atoms with Gasteiger partial charge in [0.25, 0.3) is 0 Å². The Hall–Kier alpha value is -7.49.